The Hall–Kier alpha value is -3.69. The molecule has 3 aromatic rings. The average molecular weight is 512 g/mol. The standard InChI is InChI=1S/C27H29NO7S/c1-27(2,3)34-26(30)24(28)23(25(29)33-18-19-11-6-4-7-12-19)20-13-10-14-21(17-20)35-36(31,32)22-15-8-5-9-16-22/h4-17,23-24H,18,28H2,1-3H3. The van der Waals surface area contributed by atoms with Gasteiger partial charge in [-0.25, -0.2) is 0 Å². The summed E-state index contributed by atoms with van der Waals surface area (Å²) >= 11 is 0. The first-order valence-corrected chi connectivity index (χ1v) is 12.7. The lowest BCUT2D eigenvalue weighted by Gasteiger charge is -2.26. The van der Waals surface area contributed by atoms with E-state index in [0.717, 1.165) is 5.56 Å². The molecule has 9 heteroatoms. The number of benzene rings is 3. The topological polar surface area (TPSA) is 122 Å². The number of ether oxygens (including phenoxy) is 2. The van der Waals surface area contributed by atoms with Crippen molar-refractivity contribution in [2.75, 3.05) is 0 Å². The van der Waals surface area contributed by atoms with Crippen molar-refractivity contribution in [3.8, 4) is 5.75 Å². The molecule has 0 aliphatic rings. The van der Waals surface area contributed by atoms with Gasteiger partial charge >= 0.3 is 22.1 Å². The van der Waals surface area contributed by atoms with Gasteiger partial charge in [0.2, 0.25) is 0 Å². The fourth-order valence-corrected chi connectivity index (χ4v) is 4.28. The zero-order valence-electron chi connectivity index (χ0n) is 20.3. The second-order valence-electron chi connectivity index (χ2n) is 9.05. The van der Waals surface area contributed by atoms with Crippen molar-refractivity contribution in [3.63, 3.8) is 0 Å². The van der Waals surface area contributed by atoms with Crippen LogP contribution in [0, 0.1) is 0 Å². The van der Waals surface area contributed by atoms with Crippen LogP contribution in [-0.2, 0) is 35.8 Å². The van der Waals surface area contributed by atoms with Crippen LogP contribution in [0.5, 0.6) is 5.75 Å². The molecule has 0 saturated carbocycles. The third-order valence-electron chi connectivity index (χ3n) is 4.97. The molecule has 0 bridgehead atoms. The van der Waals surface area contributed by atoms with Gasteiger partial charge in [-0.1, -0.05) is 60.7 Å². The molecule has 3 rings (SSSR count). The smallest absolute Gasteiger partial charge is 0.339 e. The van der Waals surface area contributed by atoms with Gasteiger partial charge in [0.25, 0.3) is 0 Å². The first-order valence-electron chi connectivity index (χ1n) is 11.2. The quantitative estimate of drug-likeness (QED) is 0.339. The van der Waals surface area contributed by atoms with Crippen molar-refractivity contribution in [1.29, 1.82) is 0 Å². The molecular weight excluding hydrogens is 482 g/mol. The summed E-state index contributed by atoms with van der Waals surface area (Å²) in [5, 5.41) is 0. The average Bonchev–Trinajstić information content (AvgIpc) is 2.83. The molecule has 0 aromatic heterocycles. The largest absolute Gasteiger partial charge is 0.460 e. The molecule has 3 aromatic carbocycles. The summed E-state index contributed by atoms with van der Waals surface area (Å²) in [5.41, 5.74) is 6.37. The van der Waals surface area contributed by atoms with E-state index >= 15 is 0 Å². The molecule has 0 fully saturated rings. The van der Waals surface area contributed by atoms with Crippen molar-refractivity contribution in [2.24, 2.45) is 5.73 Å². The lowest BCUT2D eigenvalue weighted by molar-refractivity contribution is -0.161. The van der Waals surface area contributed by atoms with Crippen LogP contribution in [0.15, 0.2) is 89.8 Å². The summed E-state index contributed by atoms with van der Waals surface area (Å²) in [6.45, 7) is 5.02. The van der Waals surface area contributed by atoms with Crippen LogP contribution in [0.3, 0.4) is 0 Å². The number of carbonyl (C=O) groups is 2. The van der Waals surface area contributed by atoms with Crippen LogP contribution >= 0.6 is 0 Å². The second kappa shape index (κ2) is 11.4. The van der Waals surface area contributed by atoms with E-state index in [1.54, 1.807) is 69.3 Å². The first-order chi connectivity index (χ1) is 17.0. The van der Waals surface area contributed by atoms with Gasteiger partial charge in [0.1, 0.15) is 34.8 Å². The molecular formula is C27H29NO7S. The highest BCUT2D eigenvalue weighted by Crippen LogP contribution is 2.28. The lowest BCUT2D eigenvalue weighted by atomic mass is 9.91. The molecule has 2 unspecified atom stereocenters. The Balaban J connectivity index is 1.90. The number of esters is 2. The first kappa shape index (κ1) is 26.9. The van der Waals surface area contributed by atoms with E-state index in [2.05, 4.69) is 0 Å². The number of rotatable bonds is 9. The van der Waals surface area contributed by atoms with Gasteiger partial charge in [0.05, 0.1) is 0 Å². The van der Waals surface area contributed by atoms with Gasteiger partial charge in [-0.2, -0.15) is 8.42 Å². The van der Waals surface area contributed by atoms with Crippen LogP contribution in [0.1, 0.15) is 37.8 Å². The summed E-state index contributed by atoms with van der Waals surface area (Å²) in [4.78, 5) is 25.9. The van der Waals surface area contributed by atoms with Crippen LogP contribution in [-0.4, -0.2) is 32.0 Å². The number of hydrogen-bond donors (Lipinski definition) is 1. The Kier molecular flexibility index (Phi) is 8.49. The maximum atomic E-state index is 13.2. The van der Waals surface area contributed by atoms with Gasteiger partial charge in [0.15, 0.2) is 0 Å². The fraction of sp³-hybridized carbons (Fsp3) is 0.259. The molecule has 0 heterocycles. The molecule has 0 spiro atoms. The van der Waals surface area contributed by atoms with Crippen LogP contribution in [0.2, 0.25) is 0 Å². The van der Waals surface area contributed by atoms with Crippen molar-refractivity contribution in [1.82, 2.24) is 0 Å². The summed E-state index contributed by atoms with van der Waals surface area (Å²) in [6, 6.07) is 21.1. The third-order valence-corrected chi connectivity index (χ3v) is 6.23. The van der Waals surface area contributed by atoms with Gasteiger partial charge in [-0.05, 0) is 56.2 Å². The zero-order chi connectivity index (χ0) is 26.3. The monoisotopic (exact) mass is 511 g/mol. The maximum absolute atomic E-state index is 13.2. The Labute approximate surface area is 211 Å². The van der Waals surface area contributed by atoms with Crippen LogP contribution in [0.4, 0.5) is 0 Å². The Bertz CT molecular complexity index is 1290. The van der Waals surface area contributed by atoms with E-state index in [1.807, 2.05) is 6.07 Å². The maximum Gasteiger partial charge on any atom is 0.339 e. The van der Waals surface area contributed by atoms with E-state index in [1.165, 1.54) is 30.3 Å². The second-order valence-corrected chi connectivity index (χ2v) is 10.6. The minimum atomic E-state index is -4.12. The van der Waals surface area contributed by atoms with Crippen LogP contribution < -0.4 is 9.92 Å². The van der Waals surface area contributed by atoms with Crippen molar-refractivity contribution < 1.29 is 31.7 Å². The Morgan fingerprint density at radius 2 is 1.47 bits per heavy atom. The molecule has 0 aliphatic heterocycles. The third kappa shape index (κ3) is 7.40. The minimum absolute atomic E-state index is 0.0281. The summed E-state index contributed by atoms with van der Waals surface area (Å²) in [5.74, 6) is -2.88. The summed E-state index contributed by atoms with van der Waals surface area (Å²) in [7, 11) is -4.12. The molecule has 0 radical (unpaired) electrons. The Morgan fingerprint density at radius 3 is 2.08 bits per heavy atom. The SMILES string of the molecule is CC(C)(C)OC(=O)C(N)C(C(=O)OCc1ccccc1)c1cccc(OS(=O)(=O)c2ccccc2)c1. The van der Waals surface area contributed by atoms with Crippen molar-refractivity contribution in [3.05, 3.63) is 96.1 Å². The van der Waals surface area contributed by atoms with Crippen molar-refractivity contribution in [2.45, 2.75) is 49.8 Å². The molecule has 0 saturated heterocycles. The van der Waals surface area contributed by atoms with Gasteiger partial charge < -0.3 is 19.4 Å². The number of hydrogen-bond acceptors (Lipinski definition) is 8. The van der Waals surface area contributed by atoms with E-state index < -0.39 is 39.6 Å². The lowest BCUT2D eigenvalue weighted by Crippen LogP contribution is -2.44. The fourth-order valence-electron chi connectivity index (χ4n) is 3.34. The molecule has 0 amide bonds. The van der Waals surface area contributed by atoms with E-state index in [0.29, 0.717) is 0 Å². The summed E-state index contributed by atoms with van der Waals surface area (Å²) < 4.78 is 41.5. The minimum Gasteiger partial charge on any atom is -0.460 e. The van der Waals surface area contributed by atoms with Crippen LogP contribution in [0.25, 0.3) is 0 Å². The van der Waals surface area contributed by atoms with Crippen molar-refractivity contribution >= 4 is 22.1 Å². The molecule has 2 N–H and O–H groups in total. The molecule has 190 valence electrons. The molecule has 36 heavy (non-hydrogen) atoms. The van der Waals surface area contributed by atoms with E-state index in [4.69, 9.17) is 19.4 Å². The highest BCUT2D eigenvalue weighted by molar-refractivity contribution is 7.87. The highest BCUT2D eigenvalue weighted by atomic mass is 32.2. The predicted octanol–water partition coefficient (Wildman–Crippen LogP) is 3.95. The van der Waals surface area contributed by atoms with Gasteiger partial charge in [0, 0.05) is 0 Å². The predicted molar refractivity (Wildman–Crippen MR) is 133 cm³/mol. The molecule has 0 aliphatic carbocycles. The summed E-state index contributed by atoms with van der Waals surface area (Å²) in [6.07, 6.45) is 0. The normalized spacial score (nSPS) is 13.3. The number of nitrogens with two attached hydrogens (primary N) is 1. The van der Waals surface area contributed by atoms with E-state index in [9.17, 15) is 18.0 Å². The molecule has 8 nitrogen and oxygen atoms in total. The van der Waals surface area contributed by atoms with E-state index in [-0.39, 0.29) is 22.8 Å². The highest BCUT2D eigenvalue weighted by Gasteiger charge is 2.37. The molecule has 2 atom stereocenters. The Morgan fingerprint density at radius 1 is 0.861 bits per heavy atom. The zero-order valence-corrected chi connectivity index (χ0v) is 21.1. The number of carbonyl (C=O) groups excluding carboxylic acids is 2. The van der Waals surface area contributed by atoms with Gasteiger partial charge in [-0.15, -0.1) is 0 Å². The van der Waals surface area contributed by atoms with Gasteiger partial charge in [-0.3, -0.25) is 9.59 Å².